The lowest BCUT2D eigenvalue weighted by molar-refractivity contribution is -0.117. The molecule has 92 valence electrons. The van der Waals surface area contributed by atoms with Crippen molar-refractivity contribution in [3.05, 3.63) is 22.6 Å². The Hall–Kier alpha value is -1.10. The van der Waals surface area contributed by atoms with Gasteiger partial charge in [-0.15, -0.1) is 0 Å². The van der Waals surface area contributed by atoms with E-state index >= 15 is 0 Å². The molecule has 1 aliphatic rings. The maximum absolute atomic E-state index is 12.2. The monoisotopic (exact) mass is 299 g/mol. The highest BCUT2D eigenvalue weighted by molar-refractivity contribution is 9.10. The quantitative estimate of drug-likeness (QED) is 0.862. The number of Topliss-reactive ketones (excluding diaryl/α,β-unsaturated/α-hetero) is 1. The van der Waals surface area contributed by atoms with Gasteiger partial charge in [-0.1, -0.05) is 0 Å². The van der Waals surface area contributed by atoms with E-state index in [1.165, 1.54) is 0 Å². The Kier molecular flexibility index (Phi) is 3.66. The molecule has 0 aliphatic carbocycles. The summed E-state index contributed by atoms with van der Waals surface area (Å²) >= 11 is 3.17. The molecule has 1 atom stereocenters. The zero-order valence-electron chi connectivity index (χ0n) is 9.61. The highest BCUT2D eigenvalue weighted by atomic mass is 79.9. The fraction of sp³-hybridized carbons (Fsp3) is 0.500. The summed E-state index contributed by atoms with van der Waals surface area (Å²) in [6.45, 7) is 2.26. The van der Waals surface area contributed by atoms with Gasteiger partial charge >= 0.3 is 0 Å². The summed E-state index contributed by atoms with van der Waals surface area (Å²) in [5, 5.41) is 0. The molecule has 2 rings (SSSR count). The fourth-order valence-electron chi connectivity index (χ4n) is 2.22. The van der Waals surface area contributed by atoms with Gasteiger partial charge in [0.15, 0.2) is 10.4 Å². The average Bonchev–Trinajstić information content (AvgIpc) is 2.85. The van der Waals surface area contributed by atoms with Crippen LogP contribution in [-0.2, 0) is 4.79 Å². The van der Waals surface area contributed by atoms with Gasteiger partial charge in [-0.3, -0.25) is 9.59 Å². The van der Waals surface area contributed by atoms with Crippen molar-refractivity contribution in [3.8, 4) is 0 Å². The van der Waals surface area contributed by atoms with Gasteiger partial charge in [0.05, 0.1) is 0 Å². The Bertz CT molecular complexity index is 441. The molecule has 0 spiro atoms. The molecule has 1 saturated heterocycles. The summed E-state index contributed by atoms with van der Waals surface area (Å²) < 4.78 is 5.80. The average molecular weight is 300 g/mol. The van der Waals surface area contributed by atoms with E-state index in [0.717, 1.165) is 12.8 Å². The molecule has 1 aromatic heterocycles. The maximum atomic E-state index is 12.2. The summed E-state index contributed by atoms with van der Waals surface area (Å²) in [7, 11) is 0. The molecule has 1 aromatic rings. The van der Waals surface area contributed by atoms with Crippen molar-refractivity contribution < 1.29 is 14.0 Å². The molecule has 0 N–H and O–H groups in total. The summed E-state index contributed by atoms with van der Waals surface area (Å²) in [4.78, 5) is 25.0. The van der Waals surface area contributed by atoms with E-state index in [4.69, 9.17) is 4.42 Å². The van der Waals surface area contributed by atoms with E-state index in [1.54, 1.807) is 24.0 Å². The zero-order chi connectivity index (χ0) is 12.4. The van der Waals surface area contributed by atoms with Crippen molar-refractivity contribution >= 4 is 27.6 Å². The second-order valence-electron chi connectivity index (χ2n) is 4.30. The number of furan rings is 1. The highest BCUT2D eigenvalue weighted by Crippen LogP contribution is 2.24. The van der Waals surface area contributed by atoms with Crippen molar-refractivity contribution in [1.82, 2.24) is 4.90 Å². The first-order valence-electron chi connectivity index (χ1n) is 5.63. The smallest absolute Gasteiger partial charge is 0.289 e. The van der Waals surface area contributed by atoms with E-state index < -0.39 is 0 Å². The van der Waals surface area contributed by atoms with Crippen LogP contribution in [0.1, 0.15) is 36.7 Å². The minimum absolute atomic E-state index is 0.0314. The minimum atomic E-state index is -0.126. The van der Waals surface area contributed by atoms with Crippen molar-refractivity contribution in [1.29, 1.82) is 0 Å². The van der Waals surface area contributed by atoms with Gasteiger partial charge in [-0.25, -0.2) is 0 Å². The summed E-state index contributed by atoms with van der Waals surface area (Å²) in [5.41, 5.74) is 0. The lowest BCUT2D eigenvalue weighted by atomic mass is 10.1. The van der Waals surface area contributed by atoms with E-state index in [9.17, 15) is 9.59 Å². The topological polar surface area (TPSA) is 50.5 Å². The lowest BCUT2D eigenvalue weighted by Crippen LogP contribution is -2.36. The highest BCUT2D eigenvalue weighted by Gasteiger charge is 2.31. The van der Waals surface area contributed by atoms with Crippen LogP contribution >= 0.6 is 15.9 Å². The molecule has 1 amide bonds. The lowest BCUT2D eigenvalue weighted by Gasteiger charge is -2.22. The molecule has 4 nitrogen and oxygen atoms in total. The molecule has 0 radical (unpaired) electrons. The Labute approximate surface area is 108 Å². The molecule has 2 heterocycles. The number of rotatable bonds is 3. The Balaban J connectivity index is 2.10. The van der Waals surface area contributed by atoms with Crippen LogP contribution in [0, 0.1) is 0 Å². The van der Waals surface area contributed by atoms with Crippen molar-refractivity contribution in [2.24, 2.45) is 0 Å². The summed E-state index contributed by atoms with van der Waals surface area (Å²) in [6.07, 6.45) is 2.28. The summed E-state index contributed by atoms with van der Waals surface area (Å²) in [6, 6.07) is 3.38. The SMILES string of the molecule is CC(=O)CC1CCCN1C(=O)c1ccc(Br)o1. The number of ketones is 1. The molecule has 1 fully saturated rings. The van der Waals surface area contributed by atoms with Crippen LogP contribution in [0.3, 0.4) is 0 Å². The van der Waals surface area contributed by atoms with Crippen LogP contribution in [0.15, 0.2) is 21.2 Å². The van der Waals surface area contributed by atoms with Crippen molar-refractivity contribution in [3.63, 3.8) is 0 Å². The van der Waals surface area contributed by atoms with Gasteiger partial charge < -0.3 is 9.32 Å². The van der Waals surface area contributed by atoms with Gasteiger partial charge in [0.2, 0.25) is 0 Å². The van der Waals surface area contributed by atoms with E-state index in [1.807, 2.05) is 0 Å². The Morgan fingerprint density at radius 3 is 2.88 bits per heavy atom. The summed E-state index contributed by atoms with van der Waals surface area (Å²) in [5.74, 6) is 0.321. The Morgan fingerprint density at radius 1 is 1.53 bits per heavy atom. The second kappa shape index (κ2) is 5.04. The standard InChI is InChI=1S/C12H14BrNO3/c1-8(15)7-9-3-2-6-14(9)12(16)10-4-5-11(13)17-10/h4-5,9H,2-3,6-7H2,1H3. The number of nitrogens with zero attached hydrogens (tertiary/aromatic N) is 1. The normalized spacial score (nSPS) is 19.6. The van der Waals surface area contributed by atoms with Crippen molar-refractivity contribution in [2.45, 2.75) is 32.2 Å². The van der Waals surface area contributed by atoms with Gasteiger partial charge in [0.1, 0.15) is 5.78 Å². The first-order chi connectivity index (χ1) is 8.08. The third-order valence-electron chi connectivity index (χ3n) is 2.95. The first-order valence-corrected chi connectivity index (χ1v) is 6.43. The third kappa shape index (κ3) is 2.77. The van der Waals surface area contributed by atoms with Gasteiger partial charge in [-0.05, 0) is 47.8 Å². The first kappa shape index (κ1) is 12.4. The molecular formula is C12H14BrNO3. The zero-order valence-corrected chi connectivity index (χ0v) is 11.2. The fourth-order valence-corrected chi connectivity index (χ4v) is 2.52. The number of hydrogen-bond donors (Lipinski definition) is 0. The number of carbonyl (C=O) groups is 2. The molecular weight excluding hydrogens is 286 g/mol. The molecule has 17 heavy (non-hydrogen) atoms. The predicted molar refractivity (Wildman–Crippen MR) is 65.8 cm³/mol. The molecule has 1 unspecified atom stereocenters. The van der Waals surface area contributed by atoms with Gasteiger partial charge in [0, 0.05) is 19.0 Å². The number of carbonyl (C=O) groups excluding carboxylic acids is 2. The molecule has 0 aromatic carbocycles. The van der Waals surface area contributed by atoms with Crippen LogP contribution in [0.4, 0.5) is 0 Å². The predicted octanol–water partition coefficient (Wildman–Crippen LogP) is 2.63. The van der Waals surface area contributed by atoms with Crippen LogP contribution in [0.25, 0.3) is 0 Å². The Morgan fingerprint density at radius 2 is 2.29 bits per heavy atom. The van der Waals surface area contributed by atoms with Crippen LogP contribution in [0.2, 0.25) is 0 Å². The molecule has 0 bridgehead atoms. The van der Waals surface area contributed by atoms with Crippen LogP contribution in [0.5, 0.6) is 0 Å². The maximum Gasteiger partial charge on any atom is 0.289 e. The molecule has 5 heteroatoms. The van der Waals surface area contributed by atoms with Crippen LogP contribution in [-0.4, -0.2) is 29.2 Å². The van der Waals surface area contributed by atoms with Crippen LogP contribution < -0.4 is 0 Å². The van der Waals surface area contributed by atoms with Gasteiger partial charge in [-0.2, -0.15) is 0 Å². The third-order valence-corrected chi connectivity index (χ3v) is 3.37. The molecule has 0 saturated carbocycles. The number of likely N-dealkylation sites (tertiary alicyclic amines) is 1. The number of hydrogen-bond acceptors (Lipinski definition) is 3. The number of amides is 1. The minimum Gasteiger partial charge on any atom is -0.444 e. The second-order valence-corrected chi connectivity index (χ2v) is 5.09. The molecule has 1 aliphatic heterocycles. The van der Waals surface area contributed by atoms with Crippen molar-refractivity contribution in [2.75, 3.05) is 6.54 Å². The van der Waals surface area contributed by atoms with E-state index in [2.05, 4.69) is 15.9 Å². The van der Waals surface area contributed by atoms with E-state index in [0.29, 0.717) is 23.4 Å². The van der Waals surface area contributed by atoms with E-state index in [-0.39, 0.29) is 17.7 Å². The largest absolute Gasteiger partial charge is 0.444 e. The number of halogens is 1. The van der Waals surface area contributed by atoms with Gasteiger partial charge in [0.25, 0.3) is 5.91 Å².